The zero-order chi connectivity index (χ0) is 12.6. The number of benzene rings is 1. The monoisotopic (exact) mass is 306 g/mol. The highest BCUT2D eigenvalue weighted by Gasteiger charge is 2.26. The van der Waals surface area contributed by atoms with Crippen molar-refractivity contribution in [2.75, 3.05) is 12.9 Å². The number of aliphatic hydroxyl groups is 1. The van der Waals surface area contributed by atoms with Gasteiger partial charge in [-0.3, -0.25) is 0 Å². The van der Waals surface area contributed by atoms with Crippen LogP contribution in [-0.4, -0.2) is 26.4 Å². The van der Waals surface area contributed by atoms with Gasteiger partial charge in [-0.15, -0.1) is 0 Å². The van der Waals surface area contributed by atoms with Crippen LogP contribution in [0.2, 0.25) is 0 Å². The van der Waals surface area contributed by atoms with E-state index in [2.05, 4.69) is 15.9 Å². The third kappa shape index (κ3) is 2.84. The molecule has 0 saturated carbocycles. The van der Waals surface area contributed by atoms with Crippen LogP contribution >= 0.6 is 15.9 Å². The molecule has 1 aromatic rings. The molecule has 1 N–H and O–H groups in total. The van der Waals surface area contributed by atoms with E-state index in [9.17, 15) is 13.5 Å². The molecule has 0 fully saturated rings. The van der Waals surface area contributed by atoms with Crippen LogP contribution in [0.15, 0.2) is 27.6 Å². The third-order valence-electron chi connectivity index (χ3n) is 2.47. The molecule has 0 radical (unpaired) electrons. The van der Waals surface area contributed by atoms with Crippen molar-refractivity contribution in [3.8, 4) is 0 Å². The quantitative estimate of drug-likeness (QED) is 0.930. The van der Waals surface area contributed by atoms with Gasteiger partial charge in [-0.2, -0.15) is 0 Å². The highest BCUT2D eigenvalue weighted by Crippen LogP contribution is 2.31. The number of hydrogen-bond acceptors (Lipinski definition) is 3. The van der Waals surface area contributed by atoms with Crippen molar-refractivity contribution in [3.05, 3.63) is 28.2 Å². The number of aliphatic hydroxyl groups excluding tert-OH is 1. The van der Waals surface area contributed by atoms with Gasteiger partial charge in [0.25, 0.3) is 0 Å². The predicted octanol–water partition coefficient (Wildman–Crippen LogP) is 2.12. The lowest BCUT2D eigenvalue weighted by atomic mass is 9.86. The van der Waals surface area contributed by atoms with Crippen LogP contribution < -0.4 is 0 Å². The molecular formula is C11H15BrO3S. The van der Waals surface area contributed by atoms with Gasteiger partial charge in [0, 0.05) is 16.1 Å². The second kappa shape index (κ2) is 4.47. The molecule has 0 saturated heterocycles. The van der Waals surface area contributed by atoms with Gasteiger partial charge in [0.15, 0.2) is 9.84 Å². The Morgan fingerprint density at radius 1 is 1.38 bits per heavy atom. The molecule has 16 heavy (non-hydrogen) atoms. The van der Waals surface area contributed by atoms with E-state index in [1.165, 1.54) is 6.26 Å². The van der Waals surface area contributed by atoms with Gasteiger partial charge < -0.3 is 5.11 Å². The lowest BCUT2D eigenvalue weighted by molar-refractivity contribution is 0.216. The number of halogens is 1. The largest absolute Gasteiger partial charge is 0.395 e. The van der Waals surface area contributed by atoms with E-state index in [4.69, 9.17) is 0 Å². The molecule has 0 aromatic heterocycles. The molecule has 0 spiro atoms. The van der Waals surface area contributed by atoms with Crippen LogP contribution in [0.25, 0.3) is 0 Å². The van der Waals surface area contributed by atoms with E-state index in [0.29, 0.717) is 5.56 Å². The Kier molecular flexibility index (Phi) is 3.82. The molecular weight excluding hydrogens is 292 g/mol. The van der Waals surface area contributed by atoms with Crippen LogP contribution in [-0.2, 0) is 15.3 Å². The molecule has 0 aliphatic carbocycles. The summed E-state index contributed by atoms with van der Waals surface area (Å²) in [6.07, 6.45) is 1.17. The molecule has 0 bridgehead atoms. The topological polar surface area (TPSA) is 54.4 Å². The standard InChI is InChI=1S/C11H15BrO3S/c1-11(2,7-13)9-6-8(12)4-5-10(9)16(3,14)15/h4-6,13H,7H2,1-3H3. The van der Waals surface area contributed by atoms with E-state index < -0.39 is 15.3 Å². The van der Waals surface area contributed by atoms with Gasteiger partial charge in [-0.25, -0.2) is 8.42 Å². The molecule has 0 unspecified atom stereocenters. The van der Waals surface area contributed by atoms with Gasteiger partial charge in [0.2, 0.25) is 0 Å². The molecule has 3 nitrogen and oxygen atoms in total. The molecule has 0 aliphatic rings. The minimum Gasteiger partial charge on any atom is -0.395 e. The van der Waals surface area contributed by atoms with E-state index in [1.807, 2.05) is 13.8 Å². The smallest absolute Gasteiger partial charge is 0.175 e. The zero-order valence-electron chi connectivity index (χ0n) is 9.49. The summed E-state index contributed by atoms with van der Waals surface area (Å²) in [5.41, 5.74) is 0.0502. The van der Waals surface area contributed by atoms with Crippen molar-refractivity contribution in [1.82, 2.24) is 0 Å². The molecule has 1 aromatic carbocycles. The lowest BCUT2D eigenvalue weighted by Gasteiger charge is -2.25. The highest BCUT2D eigenvalue weighted by molar-refractivity contribution is 9.10. The fourth-order valence-electron chi connectivity index (χ4n) is 1.44. The summed E-state index contributed by atoms with van der Waals surface area (Å²) in [6.45, 7) is 3.51. The average Bonchev–Trinajstić information content (AvgIpc) is 2.15. The fraction of sp³-hybridized carbons (Fsp3) is 0.455. The maximum absolute atomic E-state index is 11.6. The minimum absolute atomic E-state index is 0.105. The van der Waals surface area contributed by atoms with E-state index in [1.54, 1.807) is 18.2 Å². The average molecular weight is 307 g/mol. The minimum atomic E-state index is -3.28. The lowest BCUT2D eigenvalue weighted by Crippen LogP contribution is -2.24. The Morgan fingerprint density at radius 2 is 1.94 bits per heavy atom. The van der Waals surface area contributed by atoms with Crippen LogP contribution in [0, 0.1) is 0 Å². The maximum atomic E-state index is 11.6. The van der Waals surface area contributed by atoms with Crippen molar-refractivity contribution in [2.24, 2.45) is 0 Å². The van der Waals surface area contributed by atoms with Crippen LogP contribution in [0.4, 0.5) is 0 Å². The van der Waals surface area contributed by atoms with Gasteiger partial charge in [-0.1, -0.05) is 29.8 Å². The number of rotatable bonds is 3. The van der Waals surface area contributed by atoms with Gasteiger partial charge in [0.05, 0.1) is 11.5 Å². The zero-order valence-corrected chi connectivity index (χ0v) is 11.9. The first kappa shape index (κ1) is 13.7. The number of hydrogen-bond donors (Lipinski definition) is 1. The molecule has 1 rings (SSSR count). The maximum Gasteiger partial charge on any atom is 0.175 e. The summed E-state index contributed by atoms with van der Waals surface area (Å²) in [5.74, 6) is 0. The number of sulfone groups is 1. The van der Waals surface area contributed by atoms with Gasteiger partial charge in [-0.05, 0) is 23.8 Å². The van der Waals surface area contributed by atoms with Gasteiger partial charge >= 0.3 is 0 Å². The Morgan fingerprint density at radius 3 is 2.38 bits per heavy atom. The SMILES string of the molecule is CC(C)(CO)c1cc(Br)ccc1S(C)(=O)=O. The molecule has 0 heterocycles. The van der Waals surface area contributed by atoms with Crippen molar-refractivity contribution in [2.45, 2.75) is 24.2 Å². The first-order chi connectivity index (χ1) is 7.18. The van der Waals surface area contributed by atoms with Crippen molar-refractivity contribution in [1.29, 1.82) is 0 Å². The van der Waals surface area contributed by atoms with Crippen molar-refractivity contribution in [3.63, 3.8) is 0 Å². The second-order valence-corrected chi connectivity index (χ2v) is 7.35. The first-order valence-corrected chi connectivity index (χ1v) is 7.48. The highest BCUT2D eigenvalue weighted by atomic mass is 79.9. The Hall–Kier alpha value is -0.390. The molecule has 0 aliphatic heterocycles. The molecule has 0 atom stereocenters. The van der Waals surface area contributed by atoms with Crippen molar-refractivity contribution >= 4 is 25.8 Å². The Balaban J connectivity index is 3.54. The Bertz CT molecular complexity index is 492. The van der Waals surface area contributed by atoms with Crippen LogP contribution in [0.5, 0.6) is 0 Å². The molecule has 5 heteroatoms. The van der Waals surface area contributed by atoms with E-state index in [0.717, 1.165) is 4.47 Å². The summed E-state index contributed by atoms with van der Waals surface area (Å²) in [7, 11) is -3.28. The van der Waals surface area contributed by atoms with Crippen molar-refractivity contribution < 1.29 is 13.5 Å². The summed E-state index contributed by atoms with van der Waals surface area (Å²) in [6, 6.07) is 4.99. The molecule has 90 valence electrons. The van der Waals surface area contributed by atoms with E-state index in [-0.39, 0.29) is 11.5 Å². The summed E-state index contributed by atoms with van der Waals surface area (Å²) >= 11 is 3.31. The second-order valence-electron chi connectivity index (χ2n) is 4.45. The summed E-state index contributed by atoms with van der Waals surface area (Å²) in [5, 5.41) is 9.32. The van der Waals surface area contributed by atoms with Crippen LogP contribution in [0.3, 0.4) is 0 Å². The van der Waals surface area contributed by atoms with Crippen LogP contribution in [0.1, 0.15) is 19.4 Å². The summed E-state index contributed by atoms with van der Waals surface area (Å²) < 4.78 is 24.1. The third-order valence-corrected chi connectivity index (χ3v) is 4.11. The van der Waals surface area contributed by atoms with E-state index >= 15 is 0 Å². The summed E-state index contributed by atoms with van der Waals surface area (Å²) in [4.78, 5) is 0.273. The normalized spacial score (nSPS) is 12.8. The van der Waals surface area contributed by atoms with Gasteiger partial charge in [0.1, 0.15) is 0 Å². The molecule has 0 amide bonds. The Labute approximate surface area is 105 Å². The fourth-order valence-corrected chi connectivity index (χ4v) is 2.85. The predicted molar refractivity (Wildman–Crippen MR) is 67.4 cm³/mol. The first-order valence-electron chi connectivity index (χ1n) is 4.79.